The summed E-state index contributed by atoms with van der Waals surface area (Å²) in [5, 5.41) is 9.75. The van der Waals surface area contributed by atoms with Crippen molar-refractivity contribution in [3.05, 3.63) is 63.2 Å². The van der Waals surface area contributed by atoms with Gasteiger partial charge in [0.15, 0.2) is 0 Å². The van der Waals surface area contributed by atoms with Crippen molar-refractivity contribution in [3.63, 3.8) is 0 Å². The Balaban J connectivity index is 1.32. The molecule has 1 aliphatic heterocycles. The first-order valence-corrected chi connectivity index (χ1v) is 11.2. The smallest absolute Gasteiger partial charge is 0.252 e. The maximum absolute atomic E-state index is 13.2. The molecule has 1 aromatic carbocycles. The van der Waals surface area contributed by atoms with E-state index in [1.54, 1.807) is 23.5 Å². The van der Waals surface area contributed by atoms with Crippen LogP contribution < -0.4 is 5.32 Å². The van der Waals surface area contributed by atoms with Gasteiger partial charge in [0.2, 0.25) is 0 Å². The first kappa shape index (κ1) is 20.8. The molecule has 3 heterocycles. The summed E-state index contributed by atoms with van der Waals surface area (Å²) in [7, 11) is 1.94. The summed E-state index contributed by atoms with van der Waals surface area (Å²) in [4.78, 5) is 16.2. The molecule has 1 fully saturated rings. The quantitative estimate of drug-likeness (QED) is 0.662. The minimum atomic E-state index is -0.242. The molecule has 1 saturated heterocycles. The number of halogens is 1. The van der Waals surface area contributed by atoms with Gasteiger partial charge in [-0.25, -0.2) is 4.39 Å². The van der Waals surface area contributed by atoms with Crippen LogP contribution in [0.5, 0.6) is 0 Å². The maximum Gasteiger partial charge on any atom is 0.252 e. The number of rotatable bonds is 5. The molecule has 3 aromatic rings. The zero-order chi connectivity index (χ0) is 21.3. The minimum Gasteiger partial charge on any atom is -0.349 e. The third-order valence-corrected chi connectivity index (χ3v) is 6.97. The second-order valence-corrected chi connectivity index (χ2v) is 9.09. The Morgan fingerprint density at radius 3 is 2.57 bits per heavy atom. The van der Waals surface area contributed by atoms with Crippen LogP contribution in [0, 0.1) is 19.7 Å². The van der Waals surface area contributed by atoms with Gasteiger partial charge in [-0.2, -0.15) is 5.10 Å². The molecular formula is C23H27FN4OS. The average Bonchev–Trinajstić information content (AvgIpc) is 3.26. The van der Waals surface area contributed by atoms with Gasteiger partial charge in [0.05, 0.1) is 17.0 Å². The second kappa shape index (κ2) is 8.70. The molecule has 1 N–H and O–H groups in total. The fourth-order valence-corrected chi connectivity index (χ4v) is 4.75. The Bertz CT molecular complexity index is 1030. The lowest BCUT2D eigenvalue weighted by Crippen LogP contribution is -2.44. The number of aryl methyl sites for hydroxylation is 2. The van der Waals surface area contributed by atoms with Gasteiger partial charge in [-0.05, 0) is 62.6 Å². The highest BCUT2D eigenvalue weighted by atomic mass is 32.1. The van der Waals surface area contributed by atoms with E-state index in [0.29, 0.717) is 0 Å². The molecule has 0 saturated carbocycles. The van der Waals surface area contributed by atoms with Crippen molar-refractivity contribution in [2.75, 3.05) is 13.1 Å². The van der Waals surface area contributed by atoms with Crippen LogP contribution in [0.3, 0.4) is 0 Å². The number of nitrogens with one attached hydrogen (secondary N) is 1. The van der Waals surface area contributed by atoms with Crippen LogP contribution in [-0.2, 0) is 13.6 Å². The van der Waals surface area contributed by atoms with Crippen molar-refractivity contribution in [1.29, 1.82) is 0 Å². The van der Waals surface area contributed by atoms with Gasteiger partial charge < -0.3 is 5.32 Å². The number of benzene rings is 1. The highest BCUT2D eigenvalue weighted by molar-refractivity contribution is 7.10. The highest BCUT2D eigenvalue weighted by Crippen LogP contribution is 2.23. The molecule has 2 aromatic heterocycles. The van der Waals surface area contributed by atoms with Crippen LogP contribution in [0.15, 0.2) is 35.7 Å². The molecule has 0 atom stereocenters. The number of amides is 1. The number of piperidine rings is 1. The second-order valence-electron chi connectivity index (χ2n) is 8.01. The molecule has 0 radical (unpaired) electrons. The first-order chi connectivity index (χ1) is 14.4. The standard InChI is InChI=1S/C23H27FN4OS/c1-15-16(2)30-14-21(15)23(29)25-19-8-10-28(11-9-19)13-20-12-22(26-27(20)3)17-4-6-18(24)7-5-17/h4-7,12,14,19H,8-11,13H2,1-3H3,(H,25,29). The normalized spacial score (nSPS) is 15.5. The maximum atomic E-state index is 13.2. The SMILES string of the molecule is Cc1scc(C(=O)NC2CCN(Cc3cc(-c4ccc(F)cc4)nn3C)CC2)c1C. The van der Waals surface area contributed by atoms with E-state index >= 15 is 0 Å². The minimum absolute atomic E-state index is 0.0471. The summed E-state index contributed by atoms with van der Waals surface area (Å²) in [5.41, 5.74) is 4.79. The van der Waals surface area contributed by atoms with Crippen LogP contribution in [-0.4, -0.2) is 39.7 Å². The molecule has 1 aliphatic rings. The van der Waals surface area contributed by atoms with E-state index in [-0.39, 0.29) is 17.8 Å². The Labute approximate surface area is 180 Å². The number of thiophene rings is 1. The van der Waals surface area contributed by atoms with Gasteiger partial charge in [0.25, 0.3) is 5.91 Å². The highest BCUT2D eigenvalue weighted by Gasteiger charge is 2.23. The summed E-state index contributed by atoms with van der Waals surface area (Å²) >= 11 is 1.63. The topological polar surface area (TPSA) is 50.2 Å². The van der Waals surface area contributed by atoms with Crippen molar-refractivity contribution in [2.45, 2.75) is 39.3 Å². The Kier molecular flexibility index (Phi) is 6.01. The van der Waals surface area contributed by atoms with Crippen LogP contribution in [0.2, 0.25) is 0 Å². The number of aromatic nitrogens is 2. The molecule has 0 bridgehead atoms. The lowest BCUT2D eigenvalue weighted by molar-refractivity contribution is 0.0908. The number of carbonyl (C=O) groups is 1. The molecule has 158 valence electrons. The Morgan fingerprint density at radius 1 is 1.23 bits per heavy atom. The van der Waals surface area contributed by atoms with E-state index in [9.17, 15) is 9.18 Å². The van der Waals surface area contributed by atoms with Crippen molar-refractivity contribution in [3.8, 4) is 11.3 Å². The predicted octanol–water partition coefficient (Wildman–Crippen LogP) is 4.30. The van der Waals surface area contributed by atoms with E-state index in [1.807, 2.05) is 24.0 Å². The van der Waals surface area contributed by atoms with Gasteiger partial charge >= 0.3 is 0 Å². The van der Waals surface area contributed by atoms with E-state index in [2.05, 4.69) is 28.3 Å². The summed E-state index contributed by atoms with van der Waals surface area (Å²) in [6.45, 7) is 6.74. The predicted molar refractivity (Wildman–Crippen MR) is 118 cm³/mol. The lowest BCUT2D eigenvalue weighted by Gasteiger charge is -2.32. The number of likely N-dealkylation sites (tertiary alicyclic amines) is 1. The zero-order valence-electron chi connectivity index (χ0n) is 17.6. The molecule has 30 heavy (non-hydrogen) atoms. The van der Waals surface area contributed by atoms with E-state index in [4.69, 9.17) is 0 Å². The summed E-state index contributed by atoms with van der Waals surface area (Å²) in [5.74, 6) is -0.194. The summed E-state index contributed by atoms with van der Waals surface area (Å²) in [6.07, 6.45) is 1.88. The lowest BCUT2D eigenvalue weighted by atomic mass is 10.0. The summed E-state index contributed by atoms with van der Waals surface area (Å²) in [6, 6.07) is 8.72. The Hall–Kier alpha value is -2.51. The number of hydrogen-bond donors (Lipinski definition) is 1. The molecule has 0 aliphatic carbocycles. The molecule has 7 heteroatoms. The fourth-order valence-electron chi connectivity index (χ4n) is 3.88. The Morgan fingerprint density at radius 2 is 1.93 bits per heavy atom. The molecule has 0 unspecified atom stereocenters. The molecule has 0 spiro atoms. The van der Waals surface area contributed by atoms with Crippen LogP contribution in [0.25, 0.3) is 11.3 Å². The largest absolute Gasteiger partial charge is 0.349 e. The van der Waals surface area contributed by atoms with Crippen LogP contribution in [0.4, 0.5) is 4.39 Å². The van der Waals surface area contributed by atoms with Crippen LogP contribution >= 0.6 is 11.3 Å². The van der Waals surface area contributed by atoms with E-state index in [1.165, 1.54) is 17.0 Å². The van der Waals surface area contributed by atoms with Crippen LogP contribution in [0.1, 0.15) is 39.3 Å². The average molecular weight is 427 g/mol. The molecule has 5 nitrogen and oxygen atoms in total. The molecular weight excluding hydrogens is 399 g/mol. The van der Waals surface area contributed by atoms with Gasteiger partial charge in [0, 0.05) is 48.5 Å². The summed E-state index contributed by atoms with van der Waals surface area (Å²) < 4.78 is 15.1. The monoisotopic (exact) mass is 426 g/mol. The molecule has 4 rings (SSSR count). The van der Waals surface area contributed by atoms with Gasteiger partial charge in [-0.15, -0.1) is 11.3 Å². The van der Waals surface area contributed by atoms with Crippen molar-refractivity contribution < 1.29 is 9.18 Å². The zero-order valence-corrected chi connectivity index (χ0v) is 18.4. The number of hydrogen-bond acceptors (Lipinski definition) is 4. The first-order valence-electron chi connectivity index (χ1n) is 10.3. The number of carbonyl (C=O) groups excluding carboxylic acids is 1. The third-order valence-electron chi connectivity index (χ3n) is 5.96. The molecule has 1 amide bonds. The van der Waals surface area contributed by atoms with Crippen molar-refractivity contribution in [2.24, 2.45) is 7.05 Å². The van der Waals surface area contributed by atoms with E-state index < -0.39 is 0 Å². The van der Waals surface area contributed by atoms with Gasteiger partial charge in [-0.1, -0.05) is 0 Å². The van der Waals surface area contributed by atoms with Gasteiger partial charge in [0.1, 0.15) is 5.82 Å². The van der Waals surface area contributed by atoms with Crippen molar-refractivity contribution >= 4 is 17.2 Å². The fraction of sp³-hybridized carbons (Fsp3) is 0.391. The third kappa shape index (κ3) is 4.47. The number of nitrogens with zero attached hydrogens (tertiary/aromatic N) is 3. The van der Waals surface area contributed by atoms with E-state index in [0.717, 1.165) is 60.6 Å². The van der Waals surface area contributed by atoms with Gasteiger partial charge in [-0.3, -0.25) is 14.4 Å². The van der Waals surface area contributed by atoms with Crippen molar-refractivity contribution in [1.82, 2.24) is 20.0 Å².